The molecule has 2 rings (SSSR count). The zero-order valence-electron chi connectivity index (χ0n) is 9.98. The van der Waals surface area contributed by atoms with Crippen molar-refractivity contribution in [3.05, 3.63) is 34.9 Å². The van der Waals surface area contributed by atoms with Gasteiger partial charge in [-0.15, -0.1) is 0 Å². The summed E-state index contributed by atoms with van der Waals surface area (Å²) in [5.41, 5.74) is 5.61. The first-order valence-corrected chi connectivity index (χ1v) is 6.04. The van der Waals surface area contributed by atoms with Crippen LogP contribution >= 0.6 is 11.6 Å². The lowest BCUT2D eigenvalue weighted by Gasteiger charge is -2.14. The number of hydrogen-bond acceptors (Lipinski definition) is 3. The third kappa shape index (κ3) is 2.20. The van der Waals surface area contributed by atoms with Crippen molar-refractivity contribution in [1.82, 2.24) is 0 Å². The minimum absolute atomic E-state index is 0.0416. The van der Waals surface area contributed by atoms with Gasteiger partial charge < -0.3 is 10.5 Å². The van der Waals surface area contributed by atoms with Crippen molar-refractivity contribution in [3.8, 4) is 0 Å². The molecule has 1 aromatic carbocycles. The van der Waals surface area contributed by atoms with Gasteiger partial charge in [-0.25, -0.2) is 0 Å². The third-order valence-electron chi connectivity index (χ3n) is 3.39. The van der Waals surface area contributed by atoms with Gasteiger partial charge in [0, 0.05) is 17.9 Å². The van der Waals surface area contributed by atoms with Crippen LogP contribution in [0.2, 0.25) is 5.02 Å². The Bertz CT molecular complexity index is 486. The number of amides is 1. The molecule has 0 saturated heterocycles. The fraction of sp³-hybridized carbons (Fsp3) is 0.385. The summed E-state index contributed by atoms with van der Waals surface area (Å²) in [6.07, 6.45) is 0.608. The van der Waals surface area contributed by atoms with Crippen molar-refractivity contribution in [1.29, 1.82) is 0 Å². The molecule has 0 aromatic heterocycles. The van der Waals surface area contributed by atoms with Crippen LogP contribution in [-0.2, 0) is 19.7 Å². The first-order valence-electron chi connectivity index (χ1n) is 5.66. The molecule has 1 aliphatic rings. The summed E-state index contributed by atoms with van der Waals surface area (Å²) in [7, 11) is 0. The topological polar surface area (TPSA) is 69.4 Å². The number of hydrogen-bond donors (Lipinski definition) is 1. The Hall–Kier alpha value is -1.55. The van der Waals surface area contributed by atoms with E-state index in [4.69, 9.17) is 22.1 Å². The van der Waals surface area contributed by atoms with Crippen molar-refractivity contribution in [2.75, 3.05) is 6.61 Å². The number of esters is 1. The van der Waals surface area contributed by atoms with Crippen molar-refractivity contribution in [2.45, 2.75) is 18.8 Å². The predicted octanol–water partition coefficient (Wildman–Crippen LogP) is 1.65. The summed E-state index contributed by atoms with van der Waals surface area (Å²) < 4.78 is 4.94. The largest absolute Gasteiger partial charge is 0.466 e. The Kier molecular flexibility index (Phi) is 3.30. The van der Waals surface area contributed by atoms with E-state index in [1.54, 1.807) is 24.3 Å². The lowest BCUT2D eigenvalue weighted by Crippen LogP contribution is -2.31. The molecular weight excluding hydrogens is 254 g/mol. The van der Waals surface area contributed by atoms with Gasteiger partial charge in [-0.3, -0.25) is 9.59 Å². The SMILES string of the molecule is CC(=O)OC[C@H]1C[C@@]1(C(N)=O)c1ccc(Cl)cc1. The van der Waals surface area contributed by atoms with Gasteiger partial charge in [0.05, 0.1) is 12.0 Å². The Morgan fingerprint density at radius 1 is 1.44 bits per heavy atom. The normalized spacial score (nSPS) is 25.6. The highest BCUT2D eigenvalue weighted by molar-refractivity contribution is 6.30. The number of carbonyl (C=O) groups is 2. The molecule has 96 valence electrons. The molecule has 5 heteroatoms. The fourth-order valence-electron chi connectivity index (χ4n) is 2.29. The van der Waals surface area contributed by atoms with Crippen LogP contribution in [0.1, 0.15) is 18.9 Å². The van der Waals surface area contributed by atoms with Crippen molar-refractivity contribution in [2.24, 2.45) is 11.7 Å². The summed E-state index contributed by atoms with van der Waals surface area (Å²) >= 11 is 5.82. The number of rotatable bonds is 4. The van der Waals surface area contributed by atoms with Gasteiger partial charge in [0.1, 0.15) is 0 Å². The fourth-order valence-corrected chi connectivity index (χ4v) is 2.42. The monoisotopic (exact) mass is 267 g/mol. The van der Waals surface area contributed by atoms with Crippen LogP contribution in [0.25, 0.3) is 0 Å². The van der Waals surface area contributed by atoms with Gasteiger partial charge in [0.15, 0.2) is 0 Å². The molecule has 1 aromatic rings. The maximum atomic E-state index is 11.7. The van der Waals surface area contributed by atoms with Gasteiger partial charge in [-0.05, 0) is 24.1 Å². The van der Waals surface area contributed by atoms with Crippen LogP contribution in [0.3, 0.4) is 0 Å². The van der Waals surface area contributed by atoms with E-state index in [0.29, 0.717) is 11.4 Å². The summed E-state index contributed by atoms with van der Waals surface area (Å²) in [6.45, 7) is 1.57. The molecule has 1 fully saturated rings. The minimum Gasteiger partial charge on any atom is -0.466 e. The highest BCUT2D eigenvalue weighted by Gasteiger charge is 2.60. The molecule has 18 heavy (non-hydrogen) atoms. The van der Waals surface area contributed by atoms with Gasteiger partial charge in [-0.1, -0.05) is 23.7 Å². The first-order chi connectivity index (χ1) is 8.46. The molecule has 1 saturated carbocycles. The molecule has 0 heterocycles. The number of ether oxygens (including phenoxy) is 1. The number of benzene rings is 1. The van der Waals surface area contributed by atoms with E-state index in [1.807, 2.05) is 0 Å². The van der Waals surface area contributed by atoms with E-state index in [9.17, 15) is 9.59 Å². The molecule has 0 radical (unpaired) electrons. The minimum atomic E-state index is -0.708. The third-order valence-corrected chi connectivity index (χ3v) is 3.64. The van der Waals surface area contributed by atoms with Gasteiger partial charge in [0.25, 0.3) is 0 Å². The van der Waals surface area contributed by atoms with Crippen LogP contribution in [0.4, 0.5) is 0 Å². The van der Waals surface area contributed by atoms with Crippen LogP contribution in [0.15, 0.2) is 24.3 Å². The average molecular weight is 268 g/mol. The molecule has 0 unspecified atom stereocenters. The highest BCUT2D eigenvalue weighted by atomic mass is 35.5. The number of carbonyl (C=O) groups excluding carboxylic acids is 2. The van der Waals surface area contributed by atoms with Crippen LogP contribution in [0, 0.1) is 5.92 Å². The Balaban J connectivity index is 2.18. The second kappa shape index (κ2) is 4.61. The molecule has 1 amide bonds. The van der Waals surface area contributed by atoms with E-state index >= 15 is 0 Å². The maximum absolute atomic E-state index is 11.7. The summed E-state index contributed by atoms with van der Waals surface area (Å²) in [6, 6.07) is 7.04. The predicted molar refractivity (Wildman–Crippen MR) is 67.1 cm³/mol. The molecular formula is C13H14ClNO3. The molecule has 0 bridgehead atoms. The number of halogens is 1. The second-order valence-electron chi connectivity index (χ2n) is 4.55. The lowest BCUT2D eigenvalue weighted by molar-refractivity contribution is -0.142. The lowest BCUT2D eigenvalue weighted by atomic mass is 9.92. The summed E-state index contributed by atoms with van der Waals surface area (Å²) in [5.74, 6) is -0.779. The molecule has 0 spiro atoms. The molecule has 2 N–H and O–H groups in total. The van der Waals surface area contributed by atoms with E-state index < -0.39 is 5.41 Å². The average Bonchev–Trinajstić information content (AvgIpc) is 3.03. The van der Waals surface area contributed by atoms with E-state index in [-0.39, 0.29) is 24.4 Å². The smallest absolute Gasteiger partial charge is 0.302 e. The number of primary amides is 1. The molecule has 0 aliphatic heterocycles. The second-order valence-corrected chi connectivity index (χ2v) is 4.98. The highest BCUT2D eigenvalue weighted by Crippen LogP contribution is 2.54. The summed E-state index contributed by atoms with van der Waals surface area (Å²) in [4.78, 5) is 22.5. The van der Waals surface area contributed by atoms with Crippen molar-refractivity contribution >= 4 is 23.5 Å². The molecule has 1 aliphatic carbocycles. The standard InChI is InChI=1S/C13H14ClNO3/c1-8(16)18-7-10-6-13(10,12(15)17)9-2-4-11(14)5-3-9/h2-5,10H,6-7H2,1H3,(H2,15,17)/t10-,13-/m1/s1. The van der Waals surface area contributed by atoms with Crippen LogP contribution in [0.5, 0.6) is 0 Å². The number of nitrogens with two attached hydrogens (primary N) is 1. The zero-order chi connectivity index (χ0) is 13.3. The Morgan fingerprint density at radius 3 is 2.56 bits per heavy atom. The van der Waals surface area contributed by atoms with Crippen molar-refractivity contribution < 1.29 is 14.3 Å². The van der Waals surface area contributed by atoms with E-state index in [1.165, 1.54) is 6.92 Å². The zero-order valence-corrected chi connectivity index (χ0v) is 10.7. The quantitative estimate of drug-likeness (QED) is 0.844. The van der Waals surface area contributed by atoms with Crippen molar-refractivity contribution in [3.63, 3.8) is 0 Å². The maximum Gasteiger partial charge on any atom is 0.302 e. The van der Waals surface area contributed by atoms with Crippen LogP contribution < -0.4 is 5.73 Å². The first kappa shape index (κ1) is 12.9. The molecule has 4 nitrogen and oxygen atoms in total. The van der Waals surface area contributed by atoms with E-state index in [2.05, 4.69) is 0 Å². The van der Waals surface area contributed by atoms with E-state index in [0.717, 1.165) is 5.56 Å². The van der Waals surface area contributed by atoms with Gasteiger partial charge in [-0.2, -0.15) is 0 Å². The Morgan fingerprint density at radius 2 is 2.06 bits per heavy atom. The van der Waals surface area contributed by atoms with Gasteiger partial charge in [0.2, 0.25) is 5.91 Å². The Labute approximate surface area is 110 Å². The summed E-state index contributed by atoms with van der Waals surface area (Å²) in [5, 5.41) is 0.607. The van der Waals surface area contributed by atoms with Crippen LogP contribution in [-0.4, -0.2) is 18.5 Å². The molecule has 2 atom stereocenters. The van der Waals surface area contributed by atoms with Gasteiger partial charge >= 0.3 is 5.97 Å².